The van der Waals surface area contributed by atoms with Gasteiger partial charge in [-0.1, -0.05) is 78.5 Å². The van der Waals surface area contributed by atoms with Crippen LogP contribution in [-0.2, 0) is 30.0 Å². The zero-order chi connectivity index (χ0) is 33.7. The van der Waals surface area contributed by atoms with Crippen molar-refractivity contribution in [3.05, 3.63) is 101 Å². The van der Waals surface area contributed by atoms with Gasteiger partial charge in [0, 0.05) is 24.1 Å². The molecule has 5 rings (SSSR count). The number of para-hydroxylation sites is 1. The Labute approximate surface area is 268 Å². The number of aryl methyl sites for hydroxylation is 1. The van der Waals surface area contributed by atoms with Gasteiger partial charge < -0.3 is 19.5 Å². The van der Waals surface area contributed by atoms with Crippen LogP contribution in [0.4, 0.5) is 4.79 Å². The Morgan fingerprint density at radius 1 is 0.957 bits per heavy atom. The van der Waals surface area contributed by atoms with Crippen LogP contribution in [0.3, 0.4) is 0 Å². The average Bonchev–Trinajstić information content (AvgIpc) is 3.67. The van der Waals surface area contributed by atoms with Gasteiger partial charge in [-0.3, -0.25) is 10.4 Å². The van der Waals surface area contributed by atoms with Gasteiger partial charge in [-0.15, -0.1) is 10.2 Å². The van der Waals surface area contributed by atoms with E-state index in [0.717, 1.165) is 23.1 Å². The lowest BCUT2D eigenvalue weighted by atomic mass is 9.98. The Hall–Kier alpha value is -5.32. The number of rotatable bonds is 12. The summed E-state index contributed by atoms with van der Waals surface area (Å²) in [7, 11) is 0. The van der Waals surface area contributed by atoms with Crippen molar-refractivity contribution < 1.29 is 39.8 Å². The van der Waals surface area contributed by atoms with Crippen LogP contribution in [0.25, 0.3) is 22.5 Å². The predicted molar refractivity (Wildman–Crippen MR) is 164 cm³/mol. The van der Waals surface area contributed by atoms with E-state index in [0.29, 0.717) is 28.2 Å². The van der Waals surface area contributed by atoms with Crippen LogP contribution < -0.4 is 4.74 Å². The molecule has 0 aliphatic carbocycles. The summed E-state index contributed by atoms with van der Waals surface area (Å²) in [6.45, 7) is 4.97. The van der Waals surface area contributed by atoms with Crippen molar-refractivity contribution in [2.45, 2.75) is 52.4 Å². The summed E-state index contributed by atoms with van der Waals surface area (Å²) < 4.78 is 7.04. The van der Waals surface area contributed by atoms with E-state index in [4.69, 9.17) is 15.2 Å². The van der Waals surface area contributed by atoms with Gasteiger partial charge in [0.15, 0.2) is 5.69 Å². The number of carboxylic acid groups (broad SMARTS) is 1. The van der Waals surface area contributed by atoms with Crippen molar-refractivity contribution in [3.8, 4) is 28.3 Å². The zero-order valence-corrected chi connectivity index (χ0v) is 25.8. The Balaban J connectivity index is 1.38. The second-order valence-electron chi connectivity index (χ2n) is 11.1. The van der Waals surface area contributed by atoms with E-state index in [2.05, 4.69) is 25.2 Å². The van der Waals surface area contributed by atoms with Crippen LogP contribution in [-0.4, -0.2) is 67.8 Å². The molecule has 244 valence electrons. The van der Waals surface area contributed by atoms with Gasteiger partial charge in [0.05, 0.1) is 5.39 Å². The Morgan fingerprint density at radius 3 is 2.30 bits per heavy atom. The number of hydrogen-bond acceptors (Lipinski definition) is 12. The zero-order valence-electron chi connectivity index (χ0n) is 25.8. The second-order valence-corrected chi connectivity index (χ2v) is 11.1. The van der Waals surface area contributed by atoms with Crippen LogP contribution in [0.2, 0.25) is 0 Å². The van der Waals surface area contributed by atoms with Gasteiger partial charge in [0.2, 0.25) is 5.82 Å². The molecular formula is C32H33N7O8. The molecule has 0 amide bonds. The molecule has 4 N–H and O–H groups in total. The molecular weight excluding hydrogens is 610 g/mol. The van der Waals surface area contributed by atoms with Crippen LogP contribution in [0.15, 0.2) is 72.8 Å². The molecule has 0 aliphatic heterocycles. The van der Waals surface area contributed by atoms with Gasteiger partial charge in [-0.25, -0.2) is 19.4 Å². The summed E-state index contributed by atoms with van der Waals surface area (Å²) in [4.78, 5) is 34.9. The third-order valence-corrected chi connectivity index (χ3v) is 7.16. The fourth-order valence-electron chi connectivity index (χ4n) is 5.01. The largest absolute Gasteiger partial charge is 0.477 e. The Kier molecular flexibility index (Phi) is 9.83. The third-order valence-electron chi connectivity index (χ3n) is 7.16. The molecule has 0 atom stereocenters. The lowest BCUT2D eigenvalue weighted by molar-refractivity contribution is -0.497. The van der Waals surface area contributed by atoms with Crippen LogP contribution in [0, 0.1) is 0 Å². The number of imidazole rings is 1. The number of carbonyl (C=O) groups is 2. The number of hydrogen-bond donors (Lipinski definition) is 4. The average molecular weight is 644 g/mol. The first-order chi connectivity index (χ1) is 22.5. The highest BCUT2D eigenvalue weighted by Crippen LogP contribution is 2.31. The predicted octanol–water partition coefficient (Wildman–Crippen LogP) is 4.69. The molecule has 0 radical (unpaired) electrons. The summed E-state index contributed by atoms with van der Waals surface area (Å²) in [5.41, 5.74) is 2.02. The summed E-state index contributed by atoms with van der Waals surface area (Å²) in [6.07, 6.45) is 0.360. The number of tetrazole rings is 1. The van der Waals surface area contributed by atoms with Crippen LogP contribution in [0.1, 0.15) is 60.3 Å². The number of nitrogens with zero attached hydrogens (tertiary/aromatic N) is 7. The molecule has 2 aromatic heterocycles. The minimum Gasteiger partial charge on any atom is -0.477 e. The van der Waals surface area contributed by atoms with Crippen molar-refractivity contribution in [3.63, 3.8) is 0 Å². The lowest BCUT2D eigenvalue weighted by Crippen LogP contribution is -2.22. The number of benzene rings is 3. The first-order valence-electron chi connectivity index (χ1n) is 14.6. The molecule has 15 nitrogen and oxygen atoms in total. The van der Waals surface area contributed by atoms with Crippen molar-refractivity contribution >= 4 is 12.1 Å². The summed E-state index contributed by atoms with van der Waals surface area (Å²) in [5.74, 6) is -0.307. The fraction of sp³-hybridized carbons (Fsp3) is 0.250. The van der Waals surface area contributed by atoms with Gasteiger partial charge >= 0.3 is 12.1 Å². The van der Waals surface area contributed by atoms with Gasteiger partial charge in [-0.05, 0) is 48.2 Å². The quantitative estimate of drug-likeness (QED) is 0.137. The van der Waals surface area contributed by atoms with E-state index in [9.17, 15) is 19.8 Å². The molecule has 0 saturated carbocycles. The number of ether oxygens (including phenoxy) is 1. The second kappa shape index (κ2) is 14.0. The minimum absolute atomic E-state index is 0.0400. The molecule has 15 heteroatoms. The summed E-state index contributed by atoms with van der Waals surface area (Å²) in [5, 5.41) is 50.0. The van der Waals surface area contributed by atoms with Crippen LogP contribution >= 0.6 is 0 Å². The number of aromatic nitrogens is 6. The SMILES string of the molecule is CCCc1nc(C(C)(C)O)c(C(=O)O)n1Cc1ccc(-c2ccccc2-c2nnn(C(=O)Oc3ccccc3CON(O)O)n2)cc1. The highest BCUT2D eigenvalue weighted by atomic mass is 17.1. The Morgan fingerprint density at radius 2 is 1.64 bits per heavy atom. The molecule has 47 heavy (non-hydrogen) atoms. The first kappa shape index (κ1) is 33.1. The van der Waals surface area contributed by atoms with Gasteiger partial charge in [-0.2, -0.15) is 0 Å². The smallest absolute Gasteiger partial charge is 0.459 e. The number of carboxylic acids is 1. The minimum atomic E-state index is -1.43. The first-order valence-corrected chi connectivity index (χ1v) is 14.6. The van der Waals surface area contributed by atoms with E-state index in [-0.39, 0.29) is 36.1 Å². The molecule has 0 bridgehead atoms. The highest BCUT2D eigenvalue weighted by Gasteiger charge is 2.31. The van der Waals surface area contributed by atoms with E-state index in [1.54, 1.807) is 34.9 Å². The standard InChI is InChI=1S/C32H33N7O8/c1-4-9-26-33-28(32(2,3)43)27(30(40)41)37(26)18-20-14-16-21(17-15-20)23-11-6-7-12-24(23)29-34-36-38(35-29)31(42)47-25-13-8-5-10-22(25)19-46-39(44)45/h5-8,10-17,43-45H,4,9,18-19H2,1-3H3,(H,40,41). The molecule has 0 fully saturated rings. The maximum Gasteiger partial charge on any atom is 0.459 e. The van der Waals surface area contributed by atoms with Crippen molar-refractivity contribution in [2.24, 2.45) is 0 Å². The highest BCUT2D eigenvalue weighted by molar-refractivity contribution is 5.87. The number of carbonyl (C=O) groups excluding carboxylic acids is 1. The monoisotopic (exact) mass is 643 g/mol. The molecule has 5 aromatic rings. The van der Waals surface area contributed by atoms with E-state index in [1.807, 2.05) is 43.3 Å². The van der Waals surface area contributed by atoms with E-state index >= 15 is 0 Å². The van der Waals surface area contributed by atoms with Crippen molar-refractivity contribution in [2.75, 3.05) is 0 Å². The van der Waals surface area contributed by atoms with Gasteiger partial charge in [0.25, 0.3) is 0 Å². The van der Waals surface area contributed by atoms with E-state index < -0.39 is 23.1 Å². The lowest BCUT2D eigenvalue weighted by Gasteiger charge is -2.16. The molecule has 2 heterocycles. The maximum atomic E-state index is 12.8. The molecule has 0 unspecified atom stereocenters. The topological polar surface area (TPSA) is 198 Å². The third kappa shape index (κ3) is 7.57. The number of aromatic carboxylic acids is 1. The van der Waals surface area contributed by atoms with Crippen LogP contribution in [0.5, 0.6) is 5.75 Å². The van der Waals surface area contributed by atoms with Crippen molar-refractivity contribution in [1.29, 1.82) is 0 Å². The molecule has 0 saturated heterocycles. The Bertz CT molecular complexity index is 1880. The van der Waals surface area contributed by atoms with E-state index in [1.165, 1.54) is 19.9 Å². The maximum absolute atomic E-state index is 12.8. The molecule has 0 spiro atoms. The summed E-state index contributed by atoms with van der Waals surface area (Å²) in [6, 6.07) is 21.2. The normalized spacial score (nSPS) is 11.6. The fourth-order valence-corrected chi connectivity index (χ4v) is 5.01. The summed E-state index contributed by atoms with van der Waals surface area (Å²) >= 11 is 0. The number of aliphatic hydroxyl groups is 1. The van der Waals surface area contributed by atoms with Crippen molar-refractivity contribution in [1.82, 2.24) is 35.1 Å². The molecule has 0 aliphatic rings. The molecule has 3 aromatic carbocycles. The van der Waals surface area contributed by atoms with Gasteiger partial charge in [0.1, 0.15) is 29.5 Å².